The van der Waals surface area contributed by atoms with Gasteiger partial charge in [0.05, 0.1) is 0 Å². The first-order valence-electron chi connectivity index (χ1n) is 6.60. The summed E-state index contributed by atoms with van der Waals surface area (Å²) in [6, 6.07) is 3.21. The van der Waals surface area contributed by atoms with Crippen LogP contribution in [0.2, 0.25) is 29.6 Å². The third-order valence-corrected chi connectivity index (χ3v) is 24.1. The first kappa shape index (κ1) is 17.2. The number of rotatable bonds is 3. The van der Waals surface area contributed by atoms with Gasteiger partial charge in [0.15, 0.2) is 0 Å². The van der Waals surface area contributed by atoms with Crippen LogP contribution in [-0.2, 0) is 0 Å². The summed E-state index contributed by atoms with van der Waals surface area (Å²) in [5, 5.41) is 0. The number of thiophene rings is 2. The number of hydrogen-bond donors (Lipinski definition) is 0. The van der Waals surface area contributed by atoms with E-state index in [-0.39, 0.29) is 11.6 Å². The van der Waals surface area contributed by atoms with Gasteiger partial charge in [0.1, 0.15) is 0 Å². The van der Waals surface area contributed by atoms with Crippen LogP contribution >= 0.6 is 22.7 Å². The molecule has 0 saturated carbocycles. The van der Waals surface area contributed by atoms with Gasteiger partial charge >= 0.3 is 137 Å². The summed E-state index contributed by atoms with van der Waals surface area (Å²) in [7, 11) is 0. The zero-order valence-electron chi connectivity index (χ0n) is 12.7. The molecule has 6 heteroatoms. The second-order valence-electron chi connectivity index (χ2n) is 7.08. The Hall–Kier alpha value is 0.857. The van der Waals surface area contributed by atoms with Gasteiger partial charge in [-0.25, -0.2) is 0 Å². The standard InChI is InChI=1S/C8H2F2S2.6CH3.2Sn/c9-5-1-7(11-3-5)8-2-6(10)4-12-8;;;;;;;;/h1-2H;6*1H3;;. The van der Waals surface area contributed by atoms with Crippen LogP contribution in [0.5, 0.6) is 0 Å². The van der Waals surface area contributed by atoms with E-state index in [0.29, 0.717) is 0 Å². The summed E-state index contributed by atoms with van der Waals surface area (Å²) >= 11 is -1.74. The van der Waals surface area contributed by atoms with E-state index in [1.54, 1.807) is 12.1 Å². The van der Waals surface area contributed by atoms with Gasteiger partial charge in [-0.2, -0.15) is 0 Å². The molecule has 2 aromatic rings. The van der Waals surface area contributed by atoms with Crippen molar-refractivity contribution >= 4 is 65.2 Å². The maximum absolute atomic E-state index is 14.1. The monoisotopic (exact) mass is 530 g/mol. The van der Waals surface area contributed by atoms with Crippen molar-refractivity contribution in [3.8, 4) is 9.75 Å². The Bertz CT molecular complexity index is 574. The molecule has 0 amide bonds. The molecule has 0 aliphatic heterocycles. The van der Waals surface area contributed by atoms with Crippen molar-refractivity contribution < 1.29 is 8.78 Å². The summed E-state index contributed by atoms with van der Waals surface area (Å²) in [5.74, 6) is -0.161. The minimum atomic E-state index is -2.41. The molecule has 0 aromatic carbocycles. The second kappa shape index (κ2) is 5.81. The first-order valence-corrected chi connectivity index (χ1v) is 28.2. The van der Waals surface area contributed by atoms with E-state index in [0.717, 1.165) is 15.5 Å². The van der Waals surface area contributed by atoms with E-state index < -0.39 is 36.8 Å². The molecule has 0 fully saturated rings. The Kier molecular flexibility index (Phi) is 5.00. The predicted molar refractivity (Wildman–Crippen MR) is 93.5 cm³/mol. The topological polar surface area (TPSA) is 0 Å². The van der Waals surface area contributed by atoms with Crippen molar-refractivity contribution in [3.05, 3.63) is 23.8 Å². The Morgan fingerprint density at radius 3 is 1.20 bits per heavy atom. The Balaban J connectivity index is 2.49. The SMILES string of the molecule is [CH3][Sn]([CH3])([CH3])[c]1sc(-c2cc(F)[c]([Sn]([CH3])([CH3])[CH3])s2)cc1F. The second-order valence-corrected chi connectivity index (χ2v) is 39.8. The van der Waals surface area contributed by atoms with Gasteiger partial charge in [-0.05, 0) is 0 Å². The van der Waals surface area contributed by atoms with E-state index in [1.807, 2.05) is 0 Å². The van der Waals surface area contributed by atoms with Crippen molar-refractivity contribution in [2.75, 3.05) is 0 Å². The van der Waals surface area contributed by atoms with Gasteiger partial charge in [-0.1, -0.05) is 0 Å². The Morgan fingerprint density at radius 2 is 1.00 bits per heavy atom. The van der Waals surface area contributed by atoms with Gasteiger partial charge in [0, 0.05) is 0 Å². The van der Waals surface area contributed by atoms with Crippen molar-refractivity contribution in [2.24, 2.45) is 0 Å². The summed E-state index contributed by atoms with van der Waals surface area (Å²) in [4.78, 5) is 15.0. The molecule has 0 atom stereocenters. The van der Waals surface area contributed by atoms with Gasteiger partial charge in [0.25, 0.3) is 0 Å². The van der Waals surface area contributed by atoms with Crippen LogP contribution in [0.25, 0.3) is 9.75 Å². The van der Waals surface area contributed by atoms with E-state index in [4.69, 9.17) is 0 Å². The van der Waals surface area contributed by atoms with Crippen LogP contribution in [0.1, 0.15) is 0 Å². The Labute approximate surface area is 136 Å². The van der Waals surface area contributed by atoms with Crippen LogP contribution in [0.15, 0.2) is 12.1 Å². The van der Waals surface area contributed by atoms with Crippen molar-refractivity contribution in [1.82, 2.24) is 0 Å². The molecule has 2 aromatic heterocycles. The molecule has 0 N–H and O–H groups in total. The average Bonchev–Trinajstić information content (AvgIpc) is 2.79. The number of halogens is 2. The van der Waals surface area contributed by atoms with Gasteiger partial charge in [-0.15, -0.1) is 0 Å². The molecule has 0 radical (unpaired) electrons. The molecule has 0 unspecified atom stereocenters. The zero-order valence-corrected chi connectivity index (χ0v) is 20.1. The zero-order chi connectivity index (χ0) is 15.3. The van der Waals surface area contributed by atoms with Gasteiger partial charge < -0.3 is 0 Å². The minimum absolute atomic E-state index is 0.0806. The van der Waals surface area contributed by atoms with Crippen LogP contribution in [-0.4, -0.2) is 36.8 Å². The Morgan fingerprint density at radius 1 is 0.700 bits per heavy atom. The fourth-order valence-corrected chi connectivity index (χ4v) is 15.9. The molecule has 0 nitrogen and oxygen atoms in total. The maximum atomic E-state index is 14.1. The average molecular weight is 528 g/mol. The predicted octanol–water partition coefficient (Wildman–Crippen LogP) is 4.85. The van der Waals surface area contributed by atoms with Crippen molar-refractivity contribution in [3.63, 3.8) is 0 Å². The third kappa shape index (κ3) is 3.60. The van der Waals surface area contributed by atoms with Gasteiger partial charge in [-0.3, -0.25) is 0 Å². The molecule has 2 heterocycles. The van der Waals surface area contributed by atoms with Gasteiger partial charge in [0.2, 0.25) is 0 Å². The summed E-state index contributed by atoms with van der Waals surface area (Å²) in [6.07, 6.45) is 0. The molecule has 0 aliphatic rings. The molecule has 0 aliphatic carbocycles. The molecule has 110 valence electrons. The molecule has 0 bridgehead atoms. The fourth-order valence-electron chi connectivity index (χ4n) is 2.00. The molecular formula is C14H20F2S2Sn2. The van der Waals surface area contributed by atoms with Crippen LogP contribution < -0.4 is 5.79 Å². The molecule has 20 heavy (non-hydrogen) atoms. The molecule has 0 saturated heterocycles. The molecular weight excluding hydrogens is 508 g/mol. The van der Waals surface area contributed by atoms with Crippen LogP contribution in [0.3, 0.4) is 0 Å². The fraction of sp³-hybridized carbons (Fsp3) is 0.429. The van der Waals surface area contributed by atoms with E-state index in [2.05, 4.69) is 29.6 Å². The van der Waals surface area contributed by atoms with Crippen LogP contribution in [0.4, 0.5) is 8.78 Å². The number of hydrogen-bond acceptors (Lipinski definition) is 2. The summed E-state index contributed by atoms with van der Waals surface area (Å²) in [6.45, 7) is 0. The molecule has 2 rings (SSSR count). The van der Waals surface area contributed by atoms with Crippen molar-refractivity contribution in [1.29, 1.82) is 0 Å². The van der Waals surface area contributed by atoms with Crippen molar-refractivity contribution in [2.45, 2.75) is 29.6 Å². The third-order valence-electron chi connectivity index (χ3n) is 2.98. The van der Waals surface area contributed by atoms with E-state index in [9.17, 15) is 8.78 Å². The molecule has 0 spiro atoms. The summed E-state index contributed by atoms with van der Waals surface area (Å²) in [5.41, 5.74) is 0. The van der Waals surface area contributed by atoms with E-state index >= 15 is 0 Å². The quantitative estimate of drug-likeness (QED) is 0.501. The first-order chi connectivity index (χ1) is 9.00. The van der Waals surface area contributed by atoms with E-state index in [1.165, 1.54) is 22.7 Å². The normalized spacial score (nSPS) is 13.0. The summed E-state index contributed by atoms with van der Waals surface area (Å²) < 4.78 is 30.1. The van der Waals surface area contributed by atoms with Crippen LogP contribution in [0, 0.1) is 11.6 Å².